The van der Waals surface area contributed by atoms with E-state index in [0.717, 1.165) is 5.69 Å². The Balaban J connectivity index is 2.20. The van der Waals surface area contributed by atoms with E-state index in [1.807, 2.05) is 0 Å². The molecule has 0 spiro atoms. The van der Waals surface area contributed by atoms with Crippen LogP contribution in [0.1, 0.15) is 36.8 Å². The van der Waals surface area contributed by atoms with Crippen molar-refractivity contribution in [3.8, 4) is 0 Å². The fourth-order valence-electron chi connectivity index (χ4n) is 1.67. The van der Waals surface area contributed by atoms with Gasteiger partial charge in [0.05, 0.1) is 10.6 Å². The smallest absolute Gasteiger partial charge is 0.258 e. The van der Waals surface area contributed by atoms with E-state index < -0.39 is 0 Å². The van der Waals surface area contributed by atoms with Crippen LogP contribution >= 0.6 is 11.6 Å². The predicted octanol–water partition coefficient (Wildman–Crippen LogP) is 3.20. The standard InChI is InChI=1S/C14H17ClN4O/c1-14(2,3)11-7-12(19-18-11)17-13(20)9-6-8(16)4-5-10(9)15/h4-7H,16H2,1-3H3,(H2,17,18,19,20). The van der Waals surface area contributed by atoms with Gasteiger partial charge in [-0.05, 0) is 18.2 Å². The molecule has 6 heteroatoms. The van der Waals surface area contributed by atoms with Gasteiger partial charge in [-0.15, -0.1) is 0 Å². The number of hydrogen-bond donors (Lipinski definition) is 3. The second-order valence-corrected chi connectivity index (χ2v) is 6.02. The third-order valence-corrected chi connectivity index (χ3v) is 3.19. The predicted molar refractivity (Wildman–Crippen MR) is 81.1 cm³/mol. The van der Waals surface area contributed by atoms with Crippen LogP contribution in [0.2, 0.25) is 5.02 Å². The molecule has 0 aliphatic carbocycles. The normalized spacial score (nSPS) is 11.4. The van der Waals surface area contributed by atoms with Crippen LogP contribution in [0, 0.1) is 0 Å². The molecule has 1 heterocycles. The van der Waals surface area contributed by atoms with Crippen molar-refractivity contribution in [1.82, 2.24) is 10.2 Å². The van der Waals surface area contributed by atoms with Crippen molar-refractivity contribution in [2.24, 2.45) is 0 Å². The molecule has 0 saturated heterocycles. The number of aromatic amines is 1. The molecule has 0 aliphatic heterocycles. The van der Waals surface area contributed by atoms with Crippen LogP contribution in [-0.4, -0.2) is 16.1 Å². The number of carbonyl (C=O) groups excluding carboxylic acids is 1. The fourth-order valence-corrected chi connectivity index (χ4v) is 1.87. The molecule has 20 heavy (non-hydrogen) atoms. The molecule has 1 amide bonds. The molecular weight excluding hydrogens is 276 g/mol. The molecular formula is C14H17ClN4O. The Kier molecular flexibility index (Phi) is 3.72. The molecule has 0 bridgehead atoms. The summed E-state index contributed by atoms with van der Waals surface area (Å²) in [5.74, 6) is 0.118. The van der Waals surface area contributed by atoms with Gasteiger partial charge in [0.1, 0.15) is 0 Å². The molecule has 2 aromatic rings. The van der Waals surface area contributed by atoms with Crippen LogP contribution in [0.15, 0.2) is 24.3 Å². The summed E-state index contributed by atoms with van der Waals surface area (Å²) in [6.07, 6.45) is 0. The van der Waals surface area contributed by atoms with E-state index in [2.05, 4.69) is 36.3 Å². The second-order valence-electron chi connectivity index (χ2n) is 5.61. The monoisotopic (exact) mass is 292 g/mol. The van der Waals surface area contributed by atoms with E-state index in [1.165, 1.54) is 6.07 Å². The maximum absolute atomic E-state index is 12.1. The number of rotatable bonds is 2. The first-order valence-corrected chi connectivity index (χ1v) is 6.57. The highest BCUT2D eigenvalue weighted by Gasteiger charge is 2.18. The maximum atomic E-state index is 12.1. The highest BCUT2D eigenvalue weighted by Crippen LogP contribution is 2.23. The minimum absolute atomic E-state index is 0.0647. The number of carbonyl (C=O) groups is 1. The number of anilines is 2. The summed E-state index contributed by atoms with van der Waals surface area (Å²) in [5, 5.41) is 10.0. The summed E-state index contributed by atoms with van der Waals surface area (Å²) < 4.78 is 0. The molecule has 2 rings (SSSR count). The first-order valence-electron chi connectivity index (χ1n) is 6.19. The van der Waals surface area contributed by atoms with Crippen molar-refractivity contribution in [2.45, 2.75) is 26.2 Å². The minimum atomic E-state index is -0.339. The van der Waals surface area contributed by atoms with Gasteiger partial charge in [-0.2, -0.15) is 5.10 Å². The van der Waals surface area contributed by atoms with E-state index in [4.69, 9.17) is 17.3 Å². The van der Waals surface area contributed by atoms with Crippen molar-refractivity contribution in [3.63, 3.8) is 0 Å². The van der Waals surface area contributed by atoms with Gasteiger partial charge in [0.15, 0.2) is 5.82 Å². The van der Waals surface area contributed by atoms with Gasteiger partial charge in [-0.25, -0.2) is 0 Å². The molecule has 0 aliphatic rings. The van der Waals surface area contributed by atoms with Crippen molar-refractivity contribution in [1.29, 1.82) is 0 Å². The number of nitrogens with one attached hydrogen (secondary N) is 2. The Hall–Kier alpha value is -2.01. The topological polar surface area (TPSA) is 83.8 Å². The maximum Gasteiger partial charge on any atom is 0.258 e. The molecule has 0 fully saturated rings. The Bertz CT molecular complexity index is 643. The number of nitrogens with zero attached hydrogens (tertiary/aromatic N) is 1. The zero-order valence-electron chi connectivity index (χ0n) is 11.6. The molecule has 5 nitrogen and oxygen atoms in total. The Morgan fingerprint density at radius 1 is 1.35 bits per heavy atom. The number of aromatic nitrogens is 2. The molecule has 0 saturated carbocycles. The van der Waals surface area contributed by atoms with Crippen molar-refractivity contribution in [3.05, 3.63) is 40.5 Å². The number of halogens is 1. The number of nitrogens with two attached hydrogens (primary N) is 1. The Morgan fingerprint density at radius 2 is 2.05 bits per heavy atom. The molecule has 1 aromatic carbocycles. The zero-order valence-corrected chi connectivity index (χ0v) is 12.4. The average molecular weight is 293 g/mol. The lowest BCUT2D eigenvalue weighted by molar-refractivity contribution is 0.102. The van der Waals surface area contributed by atoms with Gasteiger partial charge in [-0.3, -0.25) is 9.89 Å². The van der Waals surface area contributed by atoms with Crippen LogP contribution in [0.25, 0.3) is 0 Å². The van der Waals surface area contributed by atoms with E-state index in [-0.39, 0.29) is 11.3 Å². The lowest BCUT2D eigenvalue weighted by Crippen LogP contribution is -2.13. The van der Waals surface area contributed by atoms with Crippen LogP contribution in [0.3, 0.4) is 0 Å². The highest BCUT2D eigenvalue weighted by molar-refractivity contribution is 6.34. The van der Waals surface area contributed by atoms with Crippen molar-refractivity contribution in [2.75, 3.05) is 11.1 Å². The zero-order chi connectivity index (χ0) is 14.9. The van der Waals surface area contributed by atoms with E-state index >= 15 is 0 Å². The van der Waals surface area contributed by atoms with Crippen molar-refractivity contribution < 1.29 is 4.79 Å². The SMILES string of the molecule is CC(C)(C)c1cc(NC(=O)c2cc(N)ccc2Cl)n[nH]1. The highest BCUT2D eigenvalue weighted by atomic mass is 35.5. The summed E-state index contributed by atoms with van der Waals surface area (Å²) in [7, 11) is 0. The van der Waals surface area contributed by atoms with Crippen LogP contribution in [-0.2, 0) is 5.41 Å². The summed E-state index contributed by atoms with van der Waals surface area (Å²) >= 11 is 5.99. The number of amides is 1. The molecule has 0 unspecified atom stereocenters. The summed E-state index contributed by atoms with van der Waals surface area (Å²) in [5.41, 5.74) is 7.34. The van der Waals surface area contributed by atoms with Crippen molar-refractivity contribution >= 4 is 29.0 Å². The second kappa shape index (κ2) is 5.17. The molecule has 1 aromatic heterocycles. The van der Waals surface area contributed by atoms with Gasteiger partial charge in [0, 0.05) is 22.9 Å². The van der Waals surface area contributed by atoms with Gasteiger partial charge in [0.25, 0.3) is 5.91 Å². The fraction of sp³-hybridized carbons (Fsp3) is 0.286. The van der Waals surface area contributed by atoms with Crippen LogP contribution in [0.5, 0.6) is 0 Å². The number of nitrogen functional groups attached to an aromatic ring is 1. The molecule has 4 N–H and O–H groups in total. The first-order chi connectivity index (χ1) is 9.27. The molecule has 106 valence electrons. The average Bonchev–Trinajstić information content (AvgIpc) is 2.80. The third kappa shape index (κ3) is 3.11. The van der Waals surface area contributed by atoms with Gasteiger partial charge >= 0.3 is 0 Å². The summed E-state index contributed by atoms with van der Waals surface area (Å²) in [6.45, 7) is 6.17. The molecule has 0 radical (unpaired) electrons. The van der Waals surface area contributed by atoms with Gasteiger partial charge < -0.3 is 11.1 Å². The summed E-state index contributed by atoms with van der Waals surface area (Å²) in [4.78, 5) is 12.1. The first kappa shape index (κ1) is 14.4. The van der Waals surface area contributed by atoms with E-state index in [0.29, 0.717) is 22.1 Å². The summed E-state index contributed by atoms with van der Waals surface area (Å²) in [6, 6.07) is 6.58. The van der Waals surface area contributed by atoms with E-state index in [9.17, 15) is 4.79 Å². The van der Waals surface area contributed by atoms with Crippen LogP contribution in [0.4, 0.5) is 11.5 Å². The quantitative estimate of drug-likeness (QED) is 0.743. The Morgan fingerprint density at radius 3 is 2.65 bits per heavy atom. The third-order valence-electron chi connectivity index (χ3n) is 2.86. The Labute approximate surface area is 122 Å². The lowest BCUT2D eigenvalue weighted by Gasteiger charge is -2.14. The lowest BCUT2D eigenvalue weighted by atomic mass is 9.92. The largest absolute Gasteiger partial charge is 0.399 e. The van der Waals surface area contributed by atoms with E-state index in [1.54, 1.807) is 18.2 Å². The minimum Gasteiger partial charge on any atom is -0.399 e. The number of hydrogen-bond acceptors (Lipinski definition) is 3. The van der Waals surface area contributed by atoms with Gasteiger partial charge in [0.2, 0.25) is 0 Å². The number of benzene rings is 1. The van der Waals surface area contributed by atoms with Gasteiger partial charge in [-0.1, -0.05) is 32.4 Å². The molecule has 0 atom stereocenters. The number of H-pyrrole nitrogens is 1. The van der Waals surface area contributed by atoms with Crippen LogP contribution < -0.4 is 11.1 Å².